The zero-order chi connectivity index (χ0) is 15.1. The summed E-state index contributed by atoms with van der Waals surface area (Å²) in [5.74, 6) is 0. The molecule has 5 heteroatoms. The molecule has 0 radical (unpaired) electrons. The Morgan fingerprint density at radius 1 is 1.15 bits per heavy atom. The molecular formula is C15H24F2N2O. The molecule has 1 rings (SSSR count). The van der Waals surface area contributed by atoms with Gasteiger partial charge in [0.15, 0.2) is 0 Å². The predicted molar refractivity (Wildman–Crippen MR) is 77.0 cm³/mol. The predicted octanol–water partition coefficient (Wildman–Crippen LogP) is 2.25. The van der Waals surface area contributed by atoms with Crippen molar-refractivity contribution in [2.75, 3.05) is 26.2 Å². The fourth-order valence-electron chi connectivity index (χ4n) is 2.34. The van der Waals surface area contributed by atoms with Crippen molar-refractivity contribution < 1.29 is 13.9 Å². The van der Waals surface area contributed by atoms with Crippen LogP contribution in [-0.2, 0) is 0 Å². The standard InChI is InChI=1S/C15H24F2N2O/c1-11-7-12(2)9-13(8-11)14(18)3-4-19(5-6-20)10-15(16)17/h7-9,14-15,20H,3-6,10,18H2,1-2H3. The normalized spacial score (nSPS) is 13.2. The Bertz CT molecular complexity index is 393. The maximum absolute atomic E-state index is 12.4. The Morgan fingerprint density at radius 2 is 1.75 bits per heavy atom. The second kappa shape index (κ2) is 8.29. The van der Waals surface area contributed by atoms with Gasteiger partial charge in [0, 0.05) is 19.1 Å². The molecule has 0 fully saturated rings. The molecular weight excluding hydrogens is 262 g/mol. The number of aliphatic hydroxyl groups is 1. The summed E-state index contributed by atoms with van der Waals surface area (Å²) in [5, 5.41) is 8.89. The van der Waals surface area contributed by atoms with E-state index in [-0.39, 0.29) is 25.7 Å². The van der Waals surface area contributed by atoms with E-state index in [0.29, 0.717) is 13.0 Å². The highest BCUT2D eigenvalue weighted by Crippen LogP contribution is 2.18. The number of nitrogens with zero attached hydrogens (tertiary/aromatic N) is 1. The van der Waals surface area contributed by atoms with Gasteiger partial charge < -0.3 is 10.8 Å². The van der Waals surface area contributed by atoms with Gasteiger partial charge in [-0.3, -0.25) is 4.90 Å². The molecule has 0 heterocycles. The Labute approximate surface area is 119 Å². The van der Waals surface area contributed by atoms with E-state index in [2.05, 4.69) is 6.07 Å². The average Bonchev–Trinajstić information content (AvgIpc) is 2.34. The second-order valence-corrected chi connectivity index (χ2v) is 5.23. The first-order chi connectivity index (χ1) is 9.42. The van der Waals surface area contributed by atoms with Crippen molar-refractivity contribution in [1.82, 2.24) is 4.90 Å². The second-order valence-electron chi connectivity index (χ2n) is 5.23. The van der Waals surface area contributed by atoms with Gasteiger partial charge in [0.25, 0.3) is 6.43 Å². The summed E-state index contributed by atoms with van der Waals surface area (Å²) < 4.78 is 24.8. The smallest absolute Gasteiger partial charge is 0.251 e. The first-order valence-electron chi connectivity index (χ1n) is 6.87. The fourth-order valence-corrected chi connectivity index (χ4v) is 2.34. The molecule has 0 aliphatic heterocycles. The SMILES string of the molecule is Cc1cc(C)cc(C(N)CCN(CCO)CC(F)F)c1. The van der Waals surface area contributed by atoms with Gasteiger partial charge in [-0.05, 0) is 25.8 Å². The molecule has 0 aromatic heterocycles. The maximum Gasteiger partial charge on any atom is 0.251 e. The zero-order valence-electron chi connectivity index (χ0n) is 12.1. The van der Waals surface area contributed by atoms with E-state index in [1.54, 1.807) is 4.90 Å². The molecule has 3 nitrogen and oxygen atoms in total. The molecule has 1 atom stereocenters. The van der Waals surface area contributed by atoms with E-state index >= 15 is 0 Å². The van der Waals surface area contributed by atoms with Crippen LogP contribution in [0.15, 0.2) is 18.2 Å². The minimum atomic E-state index is -2.39. The lowest BCUT2D eigenvalue weighted by molar-refractivity contribution is 0.0768. The summed E-state index contributed by atoms with van der Waals surface area (Å²) in [6, 6.07) is 5.96. The number of aryl methyl sites for hydroxylation is 2. The molecule has 3 N–H and O–H groups in total. The van der Waals surface area contributed by atoms with Crippen LogP contribution < -0.4 is 5.73 Å². The zero-order valence-corrected chi connectivity index (χ0v) is 12.1. The van der Waals surface area contributed by atoms with Crippen molar-refractivity contribution in [3.8, 4) is 0 Å². The van der Waals surface area contributed by atoms with Gasteiger partial charge in [0.05, 0.1) is 13.2 Å². The molecule has 0 amide bonds. The third-order valence-electron chi connectivity index (χ3n) is 3.24. The quantitative estimate of drug-likeness (QED) is 0.770. The summed E-state index contributed by atoms with van der Waals surface area (Å²) in [6.45, 7) is 4.30. The van der Waals surface area contributed by atoms with Crippen LogP contribution >= 0.6 is 0 Å². The van der Waals surface area contributed by atoms with Gasteiger partial charge in [0.2, 0.25) is 0 Å². The summed E-state index contributed by atoms with van der Waals surface area (Å²) in [4.78, 5) is 1.55. The lowest BCUT2D eigenvalue weighted by atomic mass is 9.99. The molecule has 0 bridgehead atoms. The summed E-state index contributed by atoms with van der Waals surface area (Å²) in [6.07, 6.45) is -1.80. The van der Waals surface area contributed by atoms with E-state index in [0.717, 1.165) is 16.7 Å². The van der Waals surface area contributed by atoms with E-state index < -0.39 is 6.43 Å². The van der Waals surface area contributed by atoms with Crippen molar-refractivity contribution in [2.45, 2.75) is 32.7 Å². The average molecular weight is 286 g/mol. The molecule has 1 unspecified atom stereocenters. The van der Waals surface area contributed by atoms with Gasteiger partial charge in [-0.1, -0.05) is 29.3 Å². The molecule has 0 aliphatic carbocycles. The number of hydrogen-bond acceptors (Lipinski definition) is 3. The molecule has 1 aromatic rings. The maximum atomic E-state index is 12.4. The number of aliphatic hydroxyl groups excluding tert-OH is 1. The largest absolute Gasteiger partial charge is 0.395 e. The Hall–Kier alpha value is -1.04. The lowest BCUT2D eigenvalue weighted by Crippen LogP contribution is -2.34. The Balaban J connectivity index is 2.57. The molecule has 0 aliphatic rings. The molecule has 0 saturated carbocycles. The highest BCUT2D eigenvalue weighted by molar-refractivity contribution is 5.30. The minimum Gasteiger partial charge on any atom is -0.395 e. The van der Waals surface area contributed by atoms with Crippen LogP contribution in [0, 0.1) is 13.8 Å². The third-order valence-corrected chi connectivity index (χ3v) is 3.24. The number of rotatable bonds is 8. The molecule has 0 saturated heterocycles. The van der Waals surface area contributed by atoms with Crippen molar-refractivity contribution in [3.63, 3.8) is 0 Å². The van der Waals surface area contributed by atoms with Crippen LogP contribution in [0.3, 0.4) is 0 Å². The highest BCUT2D eigenvalue weighted by atomic mass is 19.3. The van der Waals surface area contributed by atoms with Gasteiger partial charge in [-0.2, -0.15) is 0 Å². The van der Waals surface area contributed by atoms with Gasteiger partial charge in [-0.15, -0.1) is 0 Å². The Morgan fingerprint density at radius 3 is 2.25 bits per heavy atom. The van der Waals surface area contributed by atoms with Gasteiger partial charge >= 0.3 is 0 Å². The van der Waals surface area contributed by atoms with Gasteiger partial charge in [0.1, 0.15) is 0 Å². The third kappa shape index (κ3) is 5.94. The first kappa shape index (κ1) is 17.0. The van der Waals surface area contributed by atoms with Crippen LogP contribution in [-0.4, -0.2) is 42.7 Å². The lowest BCUT2D eigenvalue weighted by Gasteiger charge is -2.23. The topological polar surface area (TPSA) is 49.5 Å². The van der Waals surface area contributed by atoms with Crippen molar-refractivity contribution >= 4 is 0 Å². The van der Waals surface area contributed by atoms with Crippen LogP contribution in [0.1, 0.15) is 29.2 Å². The number of hydrogen-bond donors (Lipinski definition) is 2. The summed E-state index contributed by atoms with van der Waals surface area (Å²) in [5.41, 5.74) is 9.46. The number of nitrogens with two attached hydrogens (primary N) is 1. The van der Waals surface area contributed by atoms with Crippen LogP contribution in [0.2, 0.25) is 0 Å². The minimum absolute atomic E-state index is 0.120. The molecule has 1 aromatic carbocycles. The van der Waals surface area contributed by atoms with E-state index in [9.17, 15) is 8.78 Å². The van der Waals surface area contributed by atoms with Crippen LogP contribution in [0.5, 0.6) is 0 Å². The van der Waals surface area contributed by atoms with Gasteiger partial charge in [-0.25, -0.2) is 8.78 Å². The van der Waals surface area contributed by atoms with Crippen molar-refractivity contribution in [1.29, 1.82) is 0 Å². The summed E-state index contributed by atoms with van der Waals surface area (Å²) >= 11 is 0. The van der Waals surface area contributed by atoms with E-state index in [1.165, 1.54) is 0 Å². The number of halogens is 2. The number of benzene rings is 1. The van der Waals surface area contributed by atoms with Crippen LogP contribution in [0.4, 0.5) is 8.78 Å². The molecule has 20 heavy (non-hydrogen) atoms. The van der Waals surface area contributed by atoms with E-state index in [1.807, 2.05) is 26.0 Å². The van der Waals surface area contributed by atoms with Crippen molar-refractivity contribution in [2.24, 2.45) is 5.73 Å². The number of alkyl halides is 2. The molecule has 0 spiro atoms. The van der Waals surface area contributed by atoms with E-state index in [4.69, 9.17) is 10.8 Å². The first-order valence-corrected chi connectivity index (χ1v) is 6.87. The fraction of sp³-hybridized carbons (Fsp3) is 0.600. The van der Waals surface area contributed by atoms with Crippen LogP contribution in [0.25, 0.3) is 0 Å². The summed E-state index contributed by atoms with van der Waals surface area (Å²) in [7, 11) is 0. The Kier molecular flexibility index (Phi) is 7.05. The monoisotopic (exact) mass is 286 g/mol. The van der Waals surface area contributed by atoms with Crippen molar-refractivity contribution in [3.05, 3.63) is 34.9 Å². The highest BCUT2D eigenvalue weighted by Gasteiger charge is 2.14. The molecule has 114 valence electrons.